The van der Waals surface area contributed by atoms with E-state index in [1.807, 2.05) is 12.1 Å². The minimum Gasteiger partial charge on any atom is -0.399 e. The Bertz CT molecular complexity index is 717. The lowest BCUT2D eigenvalue weighted by Crippen LogP contribution is -2.37. The van der Waals surface area contributed by atoms with Crippen LogP contribution in [0.3, 0.4) is 0 Å². The third-order valence-corrected chi connectivity index (χ3v) is 3.95. The molecule has 1 aliphatic rings. The van der Waals surface area contributed by atoms with Gasteiger partial charge in [-0.1, -0.05) is 23.7 Å². The number of amides is 1. The molecule has 0 saturated carbocycles. The maximum atomic E-state index is 13.2. The number of fused-ring (bicyclic) bond motifs is 1. The molecule has 0 atom stereocenters. The van der Waals surface area contributed by atoms with Gasteiger partial charge in [0.05, 0.1) is 5.02 Å². The molecule has 2 aromatic rings. The van der Waals surface area contributed by atoms with E-state index in [4.69, 9.17) is 17.3 Å². The molecule has 0 fully saturated rings. The number of anilines is 1. The summed E-state index contributed by atoms with van der Waals surface area (Å²) in [4.78, 5) is 14.2. The Morgan fingerprint density at radius 3 is 2.81 bits per heavy atom. The van der Waals surface area contributed by atoms with Crippen LogP contribution in [-0.2, 0) is 13.0 Å². The molecule has 2 aromatic carbocycles. The van der Waals surface area contributed by atoms with Gasteiger partial charge in [0.25, 0.3) is 5.91 Å². The zero-order valence-corrected chi connectivity index (χ0v) is 12.0. The second kappa shape index (κ2) is 5.37. The van der Waals surface area contributed by atoms with E-state index in [1.54, 1.807) is 23.1 Å². The average Bonchev–Trinajstić information content (AvgIpc) is 2.46. The SMILES string of the molecule is Nc1ccc2c(c1)C(=O)N(Cc1ccc(F)c(Cl)c1)CC2. The van der Waals surface area contributed by atoms with Crippen molar-refractivity contribution in [1.29, 1.82) is 0 Å². The van der Waals surface area contributed by atoms with Gasteiger partial charge in [-0.15, -0.1) is 0 Å². The molecule has 108 valence electrons. The first kappa shape index (κ1) is 13.9. The van der Waals surface area contributed by atoms with Gasteiger partial charge in [-0.25, -0.2) is 4.39 Å². The fraction of sp³-hybridized carbons (Fsp3) is 0.188. The molecule has 5 heteroatoms. The highest BCUT2D eigenvalue weighted by molar-refractivity contribution is 6.30. The molecule has 0 unspecified atom stereocenters. The number of carbonyl (C=O) groups is 1. The number of nitrogen functional groups attached to an aromatic ring is 1. The van der Waals surface area contributed by atoms with Crippen molar-refractivity contribution in [2.45, 2.75) is 13.0 Å². The highest BCUT2D eigenvalue weighted by Gasteiger charge is 2.24. The molecule has 0 spiro atoms. The number of hydrogen-bond donors (Lipinski definition) is 1. The number of nitrogens with zero attached hydrogens (tertiary/aromatic N) is 1. The van der Waals surface area contributed by atoms with E-state index in [0.717, 1.165) is 17.5 Å². The van der Waals surface area contributed by atoms with E-state index in [1.165, 1.54) is 6.07 Å². The van der Waals surface area contributed by atoms with E-state index in [2.05, 4.69) is 0 Å². The van der Waals surface area contributed by atoms with Gasteiger partial charge in [-0.05, 0) is 41.8 Å². The first-order valence-electron chi connectivity index (χ1n) is 6.66. The number of nitrogens with two attached hydrogens (primary N) is 1. The standard InChI is InChI=1S/C16H14ClFN2O/c17-14-7-10(1-4-15(14)18)9-20-6-5-11-2-3-12(19)8-13(11)16(20)21/h1-4,7-8H,5-6,9,19H2. The first-order chi connectivity index (χ1) is 10.0. The van der Waals surface area contributed by atoms with Crippen LogP contribution in [0, 0.1) is 5.82 Å². The normalized spacial score (nSPS) is 14.2. The molecule has 3 rings (SSSR count). The molecule has 0 aliphatic carbocycles. The summed E-state index contributed by atoms with van der Waals surface area (Å²) in [6.07, 6.45) is 0.788. The fourth-order valence-corrected chi connectivity index (χ4v) is 2.75. The van der Waals surface area contributed by atoms with Gasteiger partial charge >= 0.3 is 0 Å². The van der Waals surface area contributed by atoms with Crippen LogP contribution in [0.5, 0.6) is 0 Å². The second-order valence-electron chi connectivity index (χ2n) is 5.14. The van der Waals surface area contributed by atoms with E-state index in [0.29, 0.717) is 24.3 Å². The summed E-state index contributed by atoms with van der Waals surface area (Å²) in [5.74, 6) is -0.507. The zero-order chi connectivity index (χ0) is 15.0. The Kier molecular flexibility index (Phi) is 3.55. The van der Waals surface area contributed by atoms with Crippen molar-refractivity contribution in [2.24, 2.45) is 0 Å². The van der Waals surface area contributed by atoms with Crippen molar-refractivity contribution in [2.75, 3.05) is 12.3 Å². The molecular weight excluding hydrogens is 291 g/mol. The third-order valence-electron chi connectivity index (χ3n) is 3.66. The van der Waals surface area contributed by atoms with Crippen LogP contribution in [0.25, 0.3) is 0 Å². The van der Waals surface area contributed by atoms with Gasteiger partial charge in [0.1, 0.15) is 5.82 Å². The summed E-state index contributed by atoms with van der Waals surface area (Å²) in [5.41, 5.74) is 8.80. The Balaban J connectivity index is 1.84. The van der Waals surface area contributed by atoms with Crippen molar-refractivity contribution in [3.05, 3.63) is 63.9 Å². The molecule has 0 bridgehead atoms. The van der Waals surface area contributed by atoms with Crippen molar-refractivity contribution in [3.8, 4) is 0 Å². The highest BCUT2D eigenvalue weighted by Crippen LogP contribution is 2.24. The molecule has 0 aromatic heterocycles. The van der Waals surface area contributed by atoms with Gasteiger partial charge in [0.2, 0.25) is 0 Å². The Morgan fingerprint density at radius 2 is 2.05 bits per heavy atom. The van der Waals surface area contributed by atoms with E-state index in [-0.39, 0.29) is 10.9 Å². The summed E-state index contributed by atoms with van der Waals surface area (Å²) in [5, 5.41) is 0.0709. The summed E-state index contributed by atoms with van der Waals surface area (Å²) in [7, 11) is 0. The van der Waals surface area contributed by atoms with Gasteiger partial charge in [0, 0.05) is 24.3 Å². The molecule has 2 N–H and O–H groups in total. The number of benzene rings is 2. The lowest BCUT2D eigenvalue weighted by atomic mass is 9.98. The summed E-state index contributed by atoms with van der Waals surface area (Å²) in [6, 6.07) is 9.93. The molecule has 0 saturated heterocycles. The first-order valence-corrected chi connectivity index (χ1v) is 7.04. The number of rotatable bonds is 2. The van der Waals surface area contributed by atoms with Gasteiger partial charge in [-0.2, -0.15) is 0 Å². The van der Waals surface area contributed by atoms with Gasteiger partial charge < -0.3 is 10.6 Å². The lowest BCUT2D eigenvalue weighted by Gasteiger charge is -2.29. The summed E-state index contributed by atoms with van der Waals surface area (Å²) in [6.45, 7) is 1.04. The van der Waals surface area contributed by atoms with Crippen LogP contribution in [0.2, 0.25) is 5.02 Å². The molecule has 1 heterocycles. The van der Waals surface area contributed by atoms with E-state index < -0.39 is 5.82 Å². The maximum Gasteiger partial charge on any atom is 0.254 e. The van der Waals surface area contributed by atoms with Crippen molar-refractivity contribution >= 4 is 23.2 Å². The quantitative estimate of drug-likeness (QED) is 0.866. The largest absolute Gasteiger partial charge is 0.399 e. The molecule has 3 nitrogen and oxygen atoms in total. The minimum absolute atomic E-state index is 0.0519. The van der Waals surface area contributed by atoms with Crippen molar-refractivity contribution in [3.63, 3.8) is 0 Å². The minimum atomic E-state index is -0.455. The average molecular weight is 305 g/mol. The molecule has 1 aliphatic heterocycles. The van der Waals surface area contributed by atoms with E-state index in [9.17, 15) is 9.18 Å². The maximum absolute atomic E-state index is 13.2. The van der Waals surface area contributed by atoms with Gasteiger partial charge in [-0.3, -0.25) is 4.79 Å². The Morgan fingerprint density at radius 1 is 1.24 bits per heavy atom. The summed E-state index contributed by atoms with van der Waals surface area (Å²) >= 11 is 5.77. The van der Waals surface area contributed by atoms with Crippen LogP contribution in [0.15, 0.2) is 36.4 Å². The summed E-state index contributed by atoms with van der Waals surface area (Å²) < 4.78 is 13.2. The number of carbonyl (C=O) groups excluding carboxylic acids is 1. The zero-order valence-electron chi connectivity index (χ0n) is 11.3. The van der Waals surface area contributed by atoms with Crippen LogP contribution in [0.1, 0.15) is 21.5 Å². The van der Waals surface area contributed by atoms with Crippen LogP contribution in [-0.4, -0.2) is 17.4 Å². The molecule has 21 heavy (non-hydrogen) atoms. The number of hydrogen-bond acceptors (Lipinski definition) is 2. The predicted molar refractivity (Wildman–Crippen MR) is 80.7 cm³/mol. The highest BCUT2D eigenvalue weighted by atomic mass is 35.5. The van der Waals surface area contributed by atoms with Crippen molar-refractivity contribution in [1.82, 2.24) is 4.90 Å². The van der Waals surface area contributed by atoms with Crippen LogP contribution < -0.4 is 5.73 Å². The lowest BCUT2D eigenvalue weighted by molar-refractivity contribution is 0.0727. The van der Waals surface area contributed by atoms with Crippen LogP contribution >= 0.6 is 11.6 Å². The van der Waals surface area contributed by atoms with E-state index >= 15 is 0 Å². The monoisotopic (exact) mass is 304 g/mol. The molecule has 0 radical (unpaired) electrons. The third kappa shape index (κ3) is 2.72. The van der Waals surface area contributed by atoms with Gasteiger partial charge in [0.15, 0.2) is 0 Å². The Labute approximate surface area is 127 Å². The predicted octanol–water partition coefficient (Wildman–Crippen LogP) is 3.26. The molecule has 1 amide bonds. The Hall–Kier alpha value is -2.07. The topological polar surface area (TPSA) is 46.3 Å². The van der Waals surface area contributed by atoms with Crippen LogP contribution in [0.4, 0.5) is 10.1 Å². The second-order valence-corrected chi connectivity index (χ2v) is 5.55. The van der Waals surface area contributed by atoms with Crippen molar-refractivity contribution < 1.29 is 9.18 Å². The number of halogens is 2. The smallest absolute Gasteiger partial charge is 0.254 e. The fourth-order valence-electron chi connectivity index (χ4n) is 2.55. The molecular formula is C16H14ClFN2O.